The van der Waals surface area contributed by atoms with Gasteiger partial charge in [-0.2, -0.15) is 0 Å². The number of alkyl halides is 1. The molecule has 0 aromatic carbocycles. The Morgan fingerprint density at radius 3 is 1.71 bits per heavy atom. The Balaban J connectivity index is 5.45. The first-order chi connectivity index (χ1) is 22.8. The number of ketones is 1. The topological polar surface area (TPSA) is 262 Å². The number of rotatable bonds is 27. The molecule has 15 nitrogen and oxygen atoms in total. The standard InChI is InChI=1S/C32H61ClN10O5/c1-5-7-8-9-10-11-12-17-26(45)41-24(16-14-19-39-32(36)37)29(47)40-22(4)28(46)43-27(21(3)6-2)30(48)42-23(25(44)20-33)15-13-18-38-31(34)35/h21-24,27H,5-20H2,1-4H3,(H,40,47)(H,41,45)(H,42,48)(H,43,46)(H4,34,35,38)(H4,36,37,39)/t21-,22-,23-,24-,27-/m0/s1. The first-order valence-corrected chi connectivity index (χ1v) is 17.7. The van der Waals surface area contributed by atoms with E-state index in [0.29, 0.717) is 25.7 Å². The number of unbranched alkanes of at least 4 members (excludes halogenated alkanes) is 6. The summed E-state index contributed by atoms with van der Waals surface area (Å²) in [6.07, 6.45) is 9.55. The molecule has 4 amide bonds. The number of Topliss-reactive ketones (excluding diaryl/α,β-unsaturated/α-hetero) is 1. The van der Waals surface area contributed by atoms with Gasteiger partial charge in [0.1, 0.15) is 18.1 Å². The molecule has 0 radical (unpaired) electrons. The zero-order chi connectivity index (χ0) is 36.5. The Morgan fingerprint density at radius 1 is 0.646 bits per heavy atom. The van der Waals surface area contributed by atoms with Crippen LogP contribution in [0.1, 0.15) is 111 Å². The highest BCUT2D eigenvalue weighted by Gasteiger charge is 2.32. The molecule has 0 bridgehead atoms. The molecule has 0 fully saturated rings. The Hall–Kier alpha value is -3.62. The summed E-state index contributed by atoms with van der Waals surface area (Å²) in [6, 6.07) is -3.85. The fourth-order valence-corrected chi connectivity index (χ4v) is 5.00. The summed E-state index contributed by atoms with van der Waals surface area (Å²) in [4.78, 5) is 72.9. The van der Waals surface area contributed by atoms with Crippen LogP contribution in [-0.4, -0.2) is 84.5 Å². The third-order valence-corrected chi connectivity index (χ3v) is 8.20. The molecular formula is C32H61ClN10O5. The molecule has 48 heavy (non-hydrogen) atoms. The summed E-state index contributed by atoms with van der Waals surface area (Å²) >= 11 is 5.78. The van der Waals surface area contributed by atoms with Crippen molar-refractivity contribution >= 4 is 52.9 Å². The maximum absolute atomic E-state index is 13.3. The molecule has 0 aromatic rings. The van der Waals surface area contributed by atoms with Crippen molar-refractivity contribution in [3.05, 3.63) is 0 Å². The summed E-state index contributed by atoms with van der Waals surface area (Å²) in [5, 5.41) is 10.9. The zero-order valence-electron chi connectivity index (χ0n) is 29.3. The Bertz CT molecular complexity index is 1050. The number of halogens is 1. The summed E-state index contributed by atoms with van der Waals surface area (Å²) in [7, 11) is 0. The largest absolute Gasteiger partial charge is 0.370 e. The molecule has 0 aliphatic heterocycles. The zero-order valence-corrected chi connectivity index (χ0v) is 30.1. The van der Waals surface area contributed by atoms with Crippen molar-refractivity contribution in [2.45, 2.75) is 135 Å². The third kappa shape index (κ3) is 20.6. The van der Waals surface area contributed by atoms with E-state index in [0.717, 1.165) is 19.3 Å². The lowest BCUT2D eigenvalue weighted by atomic mass is 9.97. The quantitative estimate of drug-likeness (QED) is 0.0263. The van der Waals surface area contributed by atoms with E-state index < -0.39 is 41.9 Å². The summed E-state index contributed by atoms with van der Waals surface area (Å²) < 4.78 is 0. The molecule has 0 saturated heterocycles. The van der Waals surface area contributed by atoms with Crippen LogP contribution in [0.2, 0.25) is 0 Å². The Labute approximate surface area is 291 Å². The molecule has 12 N–H and O–H groups in total. The molecule has 16 heteroatoms. The van der Waals surface area contributed by atoms with Gasteiger partial charge in [0.2, 0.25) is 23.6 Å². The van der Waals surface area contributed by atoms with Gasteiger partial charge in [-0.3, -0.25) is 34.0 Å². The molecule has 0 aliphatic rings. The van der Waals surface area contributed by atoms with E-state index in [2.05, 4.69) is 38.2 Å². The van der Waals surface area contributed by atoms with Crippen molar-refractivity contribution in [2.75, 3.05) is 19.0 Å². The van der Waals surface area contributed by atoms with Gasteiger partial charge in [0.25, 0.3) is 0 Å². The number of hydrogen-bond donors (Lipinski definition) is 8. The molecule has 5 atom stereocenters. The SMILES string of the molecule is CCCCCCCCCC(=O)N[C@@H](CCCN=C(N)N)C(=O)N[C@@H](C)C(=O)N[C@H](C(=O)N[C@@H](CCCN=C(N)N)C(=O)CCl)[C@@H](C)CC. The lowest BCUT2D eigenvalue weighted by molar-refractivity contribution is -0.134. The van der Waals surface area contributed by atoms with E-state index >= 15 is 0 Å². The van der Waals surface area contributed by atoms with Crippen LogP contribution in [0.15, 0.2) is 9.98 Å². The normalized spacial score (nSPS) is 13.9. The Kier molecular flexibility index (Phi) is 24.4. The molecule has 0 unspecified atom stereocenters. The summed E-state index contributed by atoms with van der Waals surface area (Å²) in [5.74, 6) is -3.12. The fourth-order valence-electron chi connectivity index (χ4n) is 4.81. The van der Waals surface area contributed by atoms with Crippen molar-refractivity contribution in [1.29, 1.82) is 0 Å². The average molecular weight is 701 g/mol. The maximum Gasteiger partial charge on any atom is 0.243 e. The van der Waals surface area contributed by atoms with Crippen LogP contribution in [0.4, 0.5) is 0 Å². The van der Waals surface area contributed by atoms with Crippen LogP contribution in [0.25, 0.3) is 0 Å². The monoisotopic (exact) mass is 700 g/mol. The van der Waals surface area contributed by atoms with Crippen molar-refractivity contribution in [2.24, 2.45) is 38.8 Å². The average Bonchev–Trinajstić information content (AvgIpc) is 3.04. The van der Waals surface area contributed by atoms with Gasteiger partial charge >= 0.3 is 0 Å². The second kappa shape index (κ2) is 26.3. The Morgan fingerprint density at radius 2 is 1.19 bits per heavy atom. The van der Waals surface area contributed by atoms with E-state index in [1.807, 2.05) is 6.92 Å². The minimum absolute atomic E-state index is 0.0755. The third-order valence-electron chi connectivity index (χ3n) is 7.93. The summed E-state index contributed by atoms with van der Waals surface area (Å²) in [5.41, 5.74) is 21.5. The van der Waals surface area contributed by atoms with Gasteiger partial charge in [-0.15, -0.1) is 11.6 Å². The van der Waals surface area contributed by atoms with Crippen LogP contribution in [-0.2, 0) is 24.0 Å². The minimum atomic E-state index is -1.04. The van der Waals surface area contributed by atoms with E-state index in [1.54, 1.807) is 6.92 Å². The highest BCUT2D eigenvalue weighted by molar-refractivity contribution is 6.28. The van der Waals surface area contributed by atoms with Crippen molar-refractivity contribution < 1.29 is 24.0 Å². The van der Waals surface area contributed by atoms with Crippen LogP contribution >= 0.6 is 11.6 Å². The highest BCUT2D eigenvalue weighted by Crippen LogP contribution is 2.12. The van der Waals surface area contributed by atoms with Gasteiger partial charge < -0.3 is 44.2 Å². The molecule has 0 spiro atoms. The molecule has 0 aromatic heterocycles. The number of amides is 4. The van der Waals surface area contributed by atoms with Crippen molar-refractivity contribution in [3.63, 3.8) is 0 Å². The lowest BCUT2D eigenvalue weighted by Gasteiger charge is -2.28. The number of carbonyl (C=O) groups is 5. The van der Waals surface area contributed by atoms with Gasteiger partial charge in [-0.1, -0.05) is 65.7 Å². The van der Waals surface area contributed by atoms with Crippen molar-refractivity contribution in [3.8, 4) is 0 Å². The van der Waals surface area contributed by atoms with Gasteiger partial charge in [0, 0.05) is 19.5 Å². The predicted octanol–water partition coefficient (Wildman–Crippen LogP) is 1.05. The molecule has 0 aliphatic carbocycles. The lowest BCUT2D eigenvalue weighted by Crippen LogP contribution is -2.58. The second-order valence-corrected chi connectivity index (χ2v) is 12.4. The van der Waals surface area contributed by atoms with Crippen molar-refractivity contribution in [1.82, 2.24) is 21.3 Å². The maximum atomic E-state index is 13.3. The molecule has 0 heterocycles. The summed E-state index contributed by atoms with van der Waals surface area (Å²) in [6.45, 7) is 7.83. The van der Waals surface area contributed by atoms with Gasteiger partial charge in [0.15, 0.2) is 17.7 Å². The van der Waals surface area contributed by atoms with Gasteiger partial charge in [0.05, 0.1) is 11.9 Å². The number of guanidine groups is 2. The van der Waals surface area contributed by atoms with Crippen LogP contribution in [0, 0.1) is 5.92 Å². The molecular weight excluding hydrogens is 640 g/mol. The van der Waals surface area contributed by atoms with Gasteiger partial charge in [-0.25, -0.2) is 0 Å². The van der Waals surface area contributed by atoms with E-state index in [9.17, 15) is 24.0 Å². The number of hydrogen-bond acceptors (Lipinski definition) is 7. The van der Waals surface area contributed by atoms with Crippen LogP contribution in [0.5, 0.6) is 0 Å². The second-order valence-electron chi connectivity index (χ2n) is 12.2. The number of nitrogens with one attached hydrogen (secondary N) is 4. The van der Waals surface area contributed by atoms with Crippen LogP contribution in [0.3, 0.4) is 0 Å². The van der Waals surface area contributed by atoms with Crippen LogP contribution < -0.4 is 44.2 Å². The molecule has 0 rings (SSSR count). The number of carbonyl (C=O) groups excluding carboxylic acids is 5. The smallest absolute Gasteiger partial charge is 0.243 e. The minimum Gasteiger partial charge on any atom is -0.370 e. The number of nitrogens with two attached hydrogens (primary N) is 4. The predicted molar refractivity (Wildman–Crippen MR) is 191 cm³/mol. The van der Waals surface area contributed by atoms with Gasteiger partial charge in [-0.05, 0) is 44.9 Å². The first kappa shape index (κ1) is 44.4. The van der Waals surface area contributed by atoms with E-state index in [-0.39, 0.29) is 67.8 Å². The first-order valence-electron chi connectivity index (χ1n) is 17.2. The van der Waals surface area contributed by atoms with E-state index in [1.165, 1.54) is 26.2 Å². The number of aliphatic imine (C=N–C) groups is 2. The fraction of sp³-hybridized carbons (Fsp3) is 0.781. The molecule has 276 valence electrons. The van der Waals surface area contributed by atoms with E-state index in [4.69, 9.17) is 34.5 Å². The highest BCUT2D eigenvalue weighted by atomic mass is 35.5. The molecule has 0 saturated carbocycles. The number of nitrogens with zero attached hydrogens (tertiary/aromatic N) is 2.